The summed E-state index contributed by atoms with van der Waals surface area (Å²) in [5, 5.41) is 13.8. The summed E-state index contributed by atoms with van der Waals surface area (Å²) in [7, 11) is 0. The van der Waals surface area contributed by atoms with Crippen molar-refractivity contribution in [1.29, 1.82) is 5.26 Å². The summed E-state index contributed by atoms with van der Waals surface area (Å²) < 4.78 is 0. The Hall–Kier alpha value is 1.61. The molecule has 0 aromatic rings. The van der Waals surface area contributed by atoms with Gasteiger partial charge < -0.3 is 5.11 Å². The maximum absolute atomic E-state index is 6.88. The summed E-state index contributed by atoms with van der Waals surface area (Å²) in [4.78, 5) is 0. The fraction of sp³-hybridized carbons (Fsp3) is 0. The Balaban J connectivity index is -0.0000000200. The number of hydrogen-bond acceptors (Lipinski definition) is 2. The fourth-order valence-electron chi connectivity index (χ4n) is 0. The predicted octanol–water partition coefficient (Wildman–Crippen LogP) is -0.811. The molecule has 24 valence electrons. The van der Waals surface area contributed by atoms with E-state index in [4.69, 9.17) is 10.4 Å². The Labute approximate surface area is 87.2 Å². The van der Waals surface area contributed by atoms with Crippen molar-refractivity contribution in [2.45, 2.75) is 0 Å². The molecule has 0 aromatic heterocycles. The molecular weight excluding hydrogens is 177 g/mol. The summed E-state index contributed by atoms with van der Waals surface area (Å²) in [5.74, 6) is 0. The molecule has 0 aromatic carbocycles. The van der Waals surface area contributed by atoms with Gasteiger partial charge in [-0.1, -0.05) is 0 Å². The van der Waals surface area contributed by atoms with Crippen molar-refractivity contribution in [2.75, 3.05) is 0 Å². The van der Waals surface area contributed by atoms with Gasteiger partial charge in [0.2, 0.25) is 0 Å². The molecule has 0 fully saturated rings. The number of nitriles is 1. The number of aliphatic hydroxyl groups is 1. The first-order valence-electron chi connectivity index (χ1n) is 0.447. The van der Waals surface area contributed by atoms with Gasteiger partial charge >= 0.3 is 51.4 Å². The molecule has 0 rings (SSSR count). The Kier molecular flexibility index (Phi) is 55.8. The van der Waals surface area contributed by atoms with Crippen LogP contribution in [-0.4, -0.2) is 56.5 Å². The van der Waals surface area contributed by atoms with E-state index in [9.17, 15) is 0 Å². The summed E-state index contributed by atoms with van der Waals surface area (Å²) in [6.45, 7) is 0. The Bertz CT molecular complexity index is 33.1. The summed E-state index contributed by atoms with van der Waals surface area (Å²) >= 11 is 0. The second-order valence-electron chi connectivity index (χ2n) is 0.100. The Morgan fingerprint density at radius 2 is 1.60 bits per heavy atom. The van der Waals surface area contributed by atoms with Gasteiger partial charge in [-0.25, -0.2) is 0 Å². The quantitative estimate of drug-likeness (QED) is 0.390. The van der Waals surface area contributed by atoms with E-state index < -0.39 is 0 Å². The molecule has 0 aliphatic heterocycles. The van der Waals surface area contributed by atoms with E-state index in [2.05, 4.69) is 0 Å². The van der Waals surface area contributed by atoms with E-state index in [0.717, 1.165) is 6.26 Å². The minimum atomic E-state index is 0. The zero-order valence-electron chi connectivity index (χ0n) is 1.80. The van der Waals surface area contributed by atoms with Crippen molar-refractivity contribution in [2.24, 2.45) is 0 Å². The van der Waals surface area contributed by atoms with E-state index in [0.29, 0.717) is 0 Å². The molecule has 0 bridgehead atoms. The molecule has 4 heteroatoms. The molecule has 0 aliphatic carbocycles. The second kappa shape index (κ2) is 17.5. The van der Waals surface area contributed by atoms with Crippen LogP contribution >= 0.6 is 0 Å². The van der Waals surface area contributed by atoms with Crippen molar-refractivity contribution in [1.82, 2.24) is 0 Å². The van der Waals surface area contributed by atoms with Crippen molar-refractivity contribution >= 4 is 51.4 Å². The van der Waals surface area contributed by atoms with E-state index in [1.54, 1.807) is 0 Å². The molecule has 0 unspecified atom stereocenters. The SMILES string of the molecule is N#CO.[KH].[Mo]. The molecule has 0 saturated carbocycles. The third-order valence-electron chi connectivity index (χ3n) is 0. The predicted molar refractivity (Wildman–Crippen MR) is 14.7 cm³/mol. The normalized spacial score (nSPS) is 1.40. The largest absolute Gasteiger partial charge is 0 e. The van der Waals surface area contributed by atoms with Crippen LogP contribution in [0.25, 0.3) is 0 Å². The van der Waals surface area contributed by atoms with Gasteiger partial charge in [0, 0.05) is 21.1 Å². The minimum Gasteiger partial charge on any atom is 0 e. The van der Waals surface area contributed by atoms with Gasteiger partial charge in [-0.05, 0) is 0 Å². The van der Waals surface area contributed by atoms with Crippen LogP contribution in [0.4, 0.5) is 0 Å². The van der Waals surface area contributed by atoms with Crippen molar-refractivity contribution in [3.05, 3.63) is 0 Å². The topological polar surface area (TPSA) is 44.0 Å². The molecule has 0 saturated heterocycles. The van der Waals surface area contributed by atoms with Crippen LogP contribution in [0.2, 0.25) is 0 Å². The summed E-state index contributed by atoms with van der Waals surface area (Å²) in [6.07, 6.45) is 0.750. The first-order chi connectivity index (χ1) is 1.41. The van der Waals surface area contributed by atoms with Gasteiger partial charge in [-0.3, -0.25) is 0 Å². The molecule has 0 aliphatic rings. The molecular formula is CH2KMoNO. The summed E-state index contributed by atoms with van der Waals surface area (Å²) in [6, 6.07) is 0. The molecule has 5 heavy (non-hydrogen) atoms. The van der Waals surface area contributed by atoms with Gasteiger partial charge in [0.05, 0.1) is 0 Å². The van der Waals surface area contributed by atoms with Gasteiger partial charge in [0.25, 0.3) is 6.26 Å². The van der Waals surface area contributed by atoms with Crippen LogP contribution in [0.5, 0.6) is 0 Å². The van der Waals surface area contributed by atoms with Crippen LogP contribution in [0, 0.1) is 11.5 Å². The van der Waals surface area contributed by atoms with Gasteiger partial charge in [-0.2, -0.15) is 5.26 Å². The second-order valence-corrected chi connectivity index (χ2v) is 0.100. The molecule has 0 spiro atoms. The maximum Gasteiger partial charge on any atom is 0 e. The van der Waals surface area contributed by atoms with Crippen LogP contribution in [0.15, 0.2) is 0 Å². The molecule has 2 nitrogen and oxygen atoms in total. The fourth-order valence-corrected chi connectivity index (χ4v) is 0. The standard InChI is InChI=1S/CHNO.K.Mo.H/c2-1-3;;;/h3H;;;. The number of rotatable bonds is 0. The van der Waals surface area contributed by atoms with E-state index in [1.807, 2.05) is 0 Å². The average Bonchev–Trinajstić information content (AvgIpc) is 0.918. The van der Waals surface area contributed by atoms with E-state index >= 15 is 0 Å². The first-order valence-corrected chi connectivity index (χ1v) is 0.447. The molecule has 0 amide bonds. The number of hydrogen-bond donors (Lipinski definition) is 1. The minimum absolute atomic E-state index is 0. The van der Waals surface area contributed by atoms with Crippen LogP contribution in [0.1, 0.15) is 0 Å². The monoisotopic (exact) mass is 181 g/mol. The maximum atomic E-state index is 6.88. The Morgan fingerprint density at radius 3 is 1.60 bits per heavy atom. The molecule has 1 N–H and O–H groups in total. The third-order valence-corrected chi connectivity index (χ3v) is 0. The van der Waals surface area contributed by atoms with Crippen LogP contribution in [-0.2, 0) is 21.1 Å². The van der Waals surface area contributed by atoms with Crippen molar-refractivity contribution in [3.63, 3.8) is 0 Å². The summed E-state index contributed by atoms with van der Waals surface area (Å²) in [5.41, 5.74) is 0. The van der Waals surface area contributed by atoms with Gasteiger partial charge in [0.15, 0.2) is 0 Å². The number of nitrogens with zero attached hydrogens (tertiary/aromatic N) is 1. The van der Waals surface area contributed by atoms with Crippen LogP contribution in [0.3, 0.4) is 0 Å². The zero-order valence-corrected chi connectivity index (χ0v) is 3.81. The Morgan fingerprint density at radius 1 is 1.60 bits per heavy atom. The number of aliphatic hydroxyl groups excluding tert-OH is 1. The molecule has 0 radical (unpaired) electrons. The van der Waals surface area contributed by atoms with Gasteiger partial charge in [0.1, 0.15) is 0 Å². The smallest absolute Gasteiger partial charge is 0 e. The first kappa shape index (κ1) is 16.0. The van der Waals surface area contributed by atoms with Crippen molar-refractivity contribution in [3.8, 4) is 6.26 Å². The van der Waals surface area contributed by atoms with E-state index in [1.165, 1.54) is 0 Å². The van der Waals surface area contributed by atoms with Gasteiger partial charge in [-0.15, -0.1) is 0 Å². The van der Waals surface area contributed by atoms with E-state index in [-0.39, 0.29) is 72.4 Å². The third kappa shape index (κ3) is 28.1. The van der Waals surface area contributed by atoms with Crippen molar-refractivity contribution < 1.29 is 26.2 Å². The zero-order chi connectivity index (χ0) is 2.71. The molecule has 0 atom stereocenters. The molecule has 0 heterocycles. The van der Waals surface area contributed by atoms with Crippen LogP contribution < -0.4 is 0 Å². The average molecular weight is 179 g/mol.